The third-order valence-electron chi connectivity index (χ3n) is 3.47. The van der Waals surface area contributed by atoms with Gasteiger partial charge in [-0.15, -0.1) is 0 Å². The van der Waals surface area contributed by atoms with Gasteiger partial charge in [-0.2, -0.15) is 0 Å². The van der Waals surface area contributed by atoms with Gasteiger partial charge < -0.3 is 10.1 Å². The standard InChI is InChI=1S/C19H13Cl3N2O2/c1-11-6-13(20)2-4-17(11)26-18-5-3-16(10-23-18)24-19(25)12-7-14(21)9-15(22)8-12/h2-10H,1H3,(H,24,25). The zero-order valence-corrected chi connectivity index (χ0v) is 15.9. The molecular weight excluding hydrogens is 395 g/mol. The number of ether oxygens (including phenoxy) is 1. The number of carbonyl (C=O) groups excluding carboxylic acids is 1. The van der Waals surface area contributed by atoms with Gasteiger partial charge >= 0.3 is 0 Å². The smallest absolute Gasteiger partial charge is 0.255 e. The van der Waals surface area contributed by atoms with Gasteiger partial charge in [0.05, 0.1) is 11.9 Å². The summed E-state index contributed by atoms with van der Waals surface area (Å²) in [6.45, 7) is 1.89. The molecular formula is C19H13Cl3N2O2. The van der Waals surface area contributed by atoms with Crippen molar-refractivity contribution in [2.45, 2.75) is 6.92 Å². The molecule has 26 heavy (non-hydrogen) atoms. The highest BCUT2D eigenvalue weighted by Crippen LogP contribution is 2.27. The Bertz CT molecular complexity index is 939. The van der Waals surface area contributed by atoms with Crippen molar-refractivity contribution in [2.24, 2.45) is 0 Å². The van der Waals surface area contributed by atoms with E-state index in [1.807, 2.05) is 13.0 Å². The third-order valence-corrected chi connectivity index (χ3v) is 4.14. The summed E-state index contributed by atoms with van der Waals surface area (Å²) in [5.74, 6) is 0.727. The molecule has 0 atom stereocenters. The third kappa shape index (κ3) is 4.67. The van der Waals surface area contributed by atoms with Gasteiger partial charge in [0.15, 0.2) is 0 Å². The number of nitrogens with one attached hydrogen (secondary N) is 1. The normalized spacial score (nSPS) is 10.5. The molecule has 0 radical (unpaired) electrons. The van der Waals surface area contributed by atoms with Crippen LogP contribution in [0.1, 0.15) is 15.9 Å². The summed E-state index contributed by atoms with van der Waals surface area (Å²) < 4.78 is 5.72. The second-order valence-electron chi connectivity index (χ2n) is 5.51. The Morgan fingerprint density at radius 3 is 2.31 bits per heavy atom. The molecule has 0 aliphatic heterocycles. The van der Waals surface area contributed by atoms with E-state index in [4.69, 9.17) is 39.5 Å². The van der Waals surface area contributed by atoms with Gasteiger partial charge in [0.25, 0.3) is 5.91 Å². The van der Waals surface area contributed by atoms with Gasteiger partial charge in [0.2, 0.25) is 5.88 Å². The first kappa shape index (κ1) is 18.5. The van der Waals surface area contributed by atoms with E-state index in [9.17, 15) is 4.79 Å². The van der Waals surface area contributed by atoms with E-state index in [1.165, 1.54) is 18.3 Å². The molecule has 132 valence electrons. The van der Waals surface area contributed by atoms with Crippen molar-refractivity contribution >= 4 is 46.4 Å². The second-order valence-corrected chi connectivity index (χ2v) is 6.82. The first-order valence-electron chi connectivity index (χ1n) is 7.58. The minimum atomic E-state index is -0.335. The minimum Gasteiger partial charge on any atom is -0.439 e. The van der Waals surface area contributed by atoms with E-state index in [0.29, 0.717) is 37.9 Å². The van der Waals surface area contributed by atoms with E-state index in [-0.39, 0.29) is 5.91 Å². The van der Waals surface area contributed by atoms with Gasteiger partial charge in [-0.3, -0.25) is 4.79 Å². The zero-order valence-electron chi connectivity index (χ0n) is 13.6. The van der Waals surface area contributed by atoms with Crippen molar-refractivity contribution in [3.63, 3.8) is 0 Å². The van der Waals surface area contributed by atoms with Crippen LogP contribution in [0.2, 0.25) is 15.1 Å². The van der Waals surface area contributed by atoms with Crippen molar-refractivity contribution < 1.29 is 9.53 Å². The van der Waals surface area contributed by atoms with Crippen LogP contribution < -0.4 is 10.1 Å². The fourth-order valence-corrected chi connectivity index (χ4v) is 3.00. The fourth-order valence-electron chi connectivity index (χ4n) is 2.24. The van der Waals surface area contributed by atoms with Crippen LogP contribution >= 0.6 is 34.8 Å². The summed E-state index contributed by atoms with van der Waals surface area (Å²) in [5, 5.41) is 4.15. The molecule has 1 amide bonds. The number of halogens is 3. The van der Waals surface area contributed by atoms with E-state index in [2.05, 4.69) is 10.3 Å². The second kappa shape index (κ2) is 7.96. The van der Waals surface area contributed by atoms with Crippen molar-refractivity contribution in [1.29, 1.82) is 0 Å². The van der Waals surface area contributed by atoms with Crippen LogP contribution in [0.4, 0.5) is 5.69 Å². The monoisotopic (exact) mass is 406 g/mol. The van der Waals surface area contributed by atoms with Crippen molar-refractivity contribution in [2.75, 3.05) is 5.32 Å². The Balaban J connectivity index is 1.70. The quantitative estimate of drug-likeness (QED) is 0.545. The number of carbonyl (C=O) groups is 1. The van der Waals surface area contributed by atoms with Crippen LogP contribution in [0.5, 0.6) is 11.6 Å². The number of nitrogens with zero attached hydrogens (tertiary/aromatic N) is 1. The molecule has 0 saturated carbocycles. The maximum atomic E-state index is 12.3. The van der Waals surface area contributed by atoms with Crippen LogP contribution in [-0.2, 0) is 0 Å². The largest absolute Gasteiger partial charge is 0.439 e. The van der Waals surface area contributed by atoms with E-state index >= 15 is 0 Å². The van der Waals surface area contributed by atoms with Crippen LogP contribution in [0.15, 0.2) is 54.7 Å². The summed E-state index contributed by atoms with van der Waals surface area (Å²) in [5.41, 5.74) is 1.78. The number of hydrogen-bond donors (Lipinski definition) is 1. The molecule has 0 spiro atoms. The minimum absolute atomic E-state index is 0.335. The molecule has 0 unspecified atom stereocenters. The summed E-state index contributed by atoms with van der Waals surface area (Å²) in [6, 6.07) is 13.3. The SMILES string of the molecule is Cc1cc(Cl)ccc1Oc1ccc(NC(=O)c2cc(Cl)cc(Cl)c2)cn1. The number of amides is 1. The highest BCUT2D eigenvalue weighted by Gasteiger charge is 2.09. The first-order valence-corrected chi connectivity index (χ1v) is 8.71. The molecule has 0 aliphatic carbocycles. The predicted molar refractivity (Wildman–Crippen MR) is 105 cm³/mol. The Labute approximate surface area is 165 Å². The number of benzene rings is 2. The van der Waals surface area contributed by atoms with Gasteiger partial charge in [0, 0.05) is 26.7 Å². The van der Waals surface area contributed by atoms with E-state index < -0.39 is 0 Å². The van der Waals surface area contributed by atoms with Crippen molar-refractivity contribution in [3.05, 3.63) is 80.9 Å². The molecule has 1 N–H and O–H groups in total. The predicted octanol–water partition coefficient (Wildman–Crippen LogP) is 6.39. The molecule has 1 aromatic heterocycles. The Kier molecular flexibility index (Phi) is 5.67. The van der Waals surface area contributed by atoms with E-state index in [1.54, 1.807) is 30.3 Å². The summed E-state index contributed by atoms with van der Waals surface area (Å²) in [4.78, 5) is 16.5. The number of pyridine rings is 1. The summed E-state index contributed by atoms with van der Waals surface area (Å²) >= 11 is 17.8. The Morgan fingerprint density at radius 1 is 0.962 bits per heavy atom. The molecule has 0 saturated heterocycles. The Hall–Kier alpha value is -2.27. The average Bonchev–Trinajstić information content (AvgIpc) is 2.58. The topological polar surface area (TPSA) is 51.2 Å². The maximum absolute atomic E-state index is 12.3. The summed E-state index contributed by atoms with van der Waals surface area (Å²) in [7, 11) is 0. The maximum Gasteiger partial charge on any atom is 0.255 e. The lowest BCUT2D eigenvalue weighted by Crippen LogP contribution is -2.12. The van der Waals surface area contributed by atoms with Crippen LogP contribution in [-0.4, -0.2) is 10.9 Å². The highest BCUT2D eigenvalue weighted by molar-refractivity contribution is 6.35. The number of anilines is 1. The van der Waals surface area contributed by atoms with Crippen molar-refractivity contribution in [3.8, 4) is 11.6 Å². The molecule has 0 aliphatic rings. The van der Waals surface area contributed by atoms with E-state index in [0.717, 1.165) is 5.56 Å². The van der Waals surface area contributed by atoms with Gasteiger partial charge in [0.1, 0.15) is 5.75 Å². The average molecular weight is 408 g/mol. The lowest BCUT2D eigenvalue weighted by atomic mass is 10.2. The zero-order chi connectivity index (χ0) is 18.7. The van der Waals surface area contributed by atoms with Gasteiger partial charge in [-0.25, -0.2) is 4.98 Å². The molecule has 0 bridgehead atoms. The number of hydrogen-bond acceptors (Lipinski definition) is 3. The molecule has 2 aromatic carbocycles. The van der Waals surface area contributed by atoms with Crippen LogP contribution in [0.3, 0.4) is 0 Å². The summed E-state index contributed by atoms with van der Waals surface area (Å²) in [6.07, 6.45) is 1.50. The van der Waals surface area contributed by atoms with Crippen molar-refractivity contribution in [1.82, 2.24) is 4.98 Å². The fraction of sp³-hybridized carbons (Fsp3) is 0.0526. The highest BCUT2D eigenvalue weighted by atomic mass is 35.5. The van der Waals surface area contributed by atoms with Gasteiger partial charge in [-0.05, 0) is 55.0 Å². The number of aromatic nitrogens is 1. The molecule has 4 nitrogen and oxygen atoms in total. The Morgan fingerprint density at radius 2 is 1.69 bits per heavy atom. The molecule has 3 rings (SSSR count). The molecule has 7 heteroatoms. The lowest BCUT2D eigenvalue weighted by Gasteiger charge is -2.09. The molecule has 3 aromatic rings. The molecule has 1 heterocycles. The first-order chi connectivity index (χ1) is 12.4. The van der Waals surface area contributed by atoms with Crippen LogP contribution in [0.25, 0.3) is 0 Å². The van der Waals surface area contributed by atoms with Crippen LogP contribution in [0, 0.1) is 6.92 Å². The number of aryl methyl sites for hydroxylation is 1. The number of rotatable bonds is 4. The van der Waals surface area contributed by atoms with Gasteiger partial charge in [-0.1, -0.05) is 34.8 Å². The molecule has 0 fully saturated rings. The lowest BCUT2D eigenvalue weighted by molar-refractivity contribution is 0.102.